The van der Waals surface area contributed by atoms with Crippen LogP contribution in [0.5, 0.6) is 17.2 Å². The zero-order valence-electron chi connectivity index (χ0n) is 13.1. The van der Waals surface area contributed by atoms with E-state index in [0.29, 0.717) is 12.3 Å². The van der Waals surface area contributed by atoms with Gasteiger partial charge in [-0.15, -0.1) is 0 Å². The highest BCUT2D eigenvalue weighted by molar-refractivity contribution is 5.89. The summed E-state index contributed by atoms with van der Waals surface area (Å²) in [5.74, 6) is -0.715. The molecule has 0 saturated heterocycles. The second-order valence-corrected chi connectivity index (χ2v) is 5.28. The van der Waals surface area contributed by atoms with Crippen LogP contribution in [0.25, 0.3) is 22.3 Å². The van der Waals surface area contributed by atoms with Crippen molar-refractivity contribution >= 4 is 11.0 Å². The van der Waals surface area contributed by atoms with Gasteiger partial charge < -0.3 is 19.5 Å². The zero-order valence-corrected chi connectivity index (χ0v) is 13.1. The molecule has 0 radical (unpaired) electrons. The Balaban J connectivity index is 2.18. The molecule has 0 bridgehead atoms. The van der Waals surface area contributed by atoms with Crippen molar-refractivity contribution in [3.05, 3.63) is 52.7 Å². The molecule has 0 atom stereocenters. The SMILES string of the molecule is CCCNOc1c(O)c(O)cc2oc(-c3ccccc3)cc(=O)c12. The van der Waals surface area contributed by atoms with E-state index in [9.17, 15) is 15.0 Å². The van der Waals surface area contributed by atoms with Gasteiger partial charge in [0.1, 0.15) is 16.7 Å². The predicted molar refractivity (Wildman–Crippen MR) is 90.2 cm³/mol. The highest BCUT2D eigenvalue weighted by Crippen LogP contribution is 2.41. The second kappa shape index (κ2) is 6.64. The van der Waals surface area contributed by atoms with Crippen molar-refractivity contribution in [2.75, 3.05) is 6.54 Å². The van der Waals surface area contributed by atoms with E-state index in [2.05, 4.69) is 5.48 Å². The number of phenolic OH excluding ortho intramolecular Hbond substituents is 2. The van der Waals surface area contributed by atoms with Crippen molar-refractivity contribution in [3.63, 3.8) is 0 Å². The molecule has 0 aliphatic rings. The molecule has 1 aromatic heterocycles. The lowest BCUT2D eigenvalue weighted by atomic mass is 10.1. The quantitative estimate of drug-likeness (QED) is 0.379. The normalized spacial score (nSPS) is 10.9. The maximum atomic E-state index is 12.5. The number of aromatic hydroxyl groups is 2. The van der Waals surface area contributed by atoms with Crippen molar-refractivity contribution in [2.24, 2.45) is 0 Å². The first-order valence-electron chi connectivity index (χ1n) is 7.59. The Morgan fingerprint density at radius 1 is 1.17 bits per heavy atom. The molecule has 124 valence electrons. The van der Waals surface area contributed by atoms with Crippen molar-refractivity contribution in [1.82, 2.24) is 5.48 Å². The Morgan fingerprint density at radius 3 is 2.62 bits per heavy atom. The summed E-state index contributed by atoms with van der Waals surface area (Å²) < 4.78 is 5.73. The summed E-state index contributed by atoms with van der Waals surface area (Å²) in [6.45, 7) is 2.46. The van der Waals surface area contributed by atoms with E-state index in [1.165, 1.54) is 12.1 Å². The molecule has 3 rings (SSSR count). The molecule has 0 amide bonds. The lowest BCUT2D eigenvalue weighted by molar-refractivity contribution is 0.189. The van der Waals surface area contributed by atoms with Gasteiger partial charge in [-0.25, -0.2) is 0 Å². The molecular formula is C18H17NO5. The number of hydrogen-bond donors (Lipinski definition) is 3. The number of benzene rings is 2. The summed E-state index contributed by atoms with van der Waals surface area (Å²) >= 11 is 0. The van der Waals surface area contributed by atoms with Gasteiger partial charge in [0, 0.05) is 24.2 Å². The highest BCUT2D eigenvalue weighted by atomic mass is 16.7. The lowest BCUT2D eigenvalue weighted by Gasteiger charge is -2.12. The van der Waals surface area contributed by atoms with Crippen LogP contribution in [-0.2, 0) is 0 Å². The Bertz CT molecular complexity index is 918. The van der Waals surface area contributed by atoms with Gasteiger partial charge in [-0.1, -0.05) is 37.3 Å². The molecule has 1 heterocycles. The minimum absolute atomic E-state index is 0.0635. The third-order valence-corrected chi connectivity index (χ3v) is 3.51. The number of rotatable bonds is 5. The van der Waals surface area contributed by atoms with Crippen LogP contribution in [0.4, 0.5) is 0 Å². The molecule has 0 fully saturated rings. The summed E-state index contributed by atoms with van der Waals surface area (Å²) in [6, 6.07) is 11.7. The van der Waals surface area contributed by atoms with Crippen molar-refractivity contribution in [1.29, 1.82) is 0 Å². The average Bonchev–Trinajstić information content (AvgIpc) is 2.59. The molecule has 0 aliphatic heterocycles. The highest BCUT2D eigenvalue weighted by Gasteiger charge is 2.19. The van der Waals surface area contributed by atoms with Gasteiger partial charge in [0.2, 0.25) is 11.5 Å². The van der Waals surface area contributed by atoms with Gasteiger partial charge in [-0.05, 0) is 6.42 Å². The number of hydrogen-bond acceptors (Lipinski definition) is 6. The lowest BCUT2D eigenvalue weighted by Crippen LogP contribution is -2.20. The van der Waals surface area contributed by atoms with Gasteiger partial charge in [0.15, 0.2) is 11.2 Å². The molecule has 0 spiro atoms. The standard InChI is InChI=1S/C18H17NO5/c1-2-8-19-24-18-16-12(20)9-14(11-6-4-3-5-7-11)23-15(16)10-13(21)17(18)22/h3-7,9-10,19,21-22H,2,8H2,1H3. The molecular weight excluding hydrogens is 310 g/mol. The summed E-state index contributed by atoms with van der Waals surface area (Å²) in [4.78, 5) is 17.8. The molecule has 0 aliphatic carbocycles. The van der Waals surface area contributed by atoms with Crippen LogP contribution in [0.2, 0.25) is 0 Å². The Kier molecular flexibility index (Phi) is 4.39. The van der Waals surface area contributed by atoms with E-state index in [1.807, 2.05) is 37.3 Å². The van der Waals surface area contributed by atoms with Gasteiger partial charge in [-0.2, -0.15) is 5.48 Å². The summed E-state index contributed by atoms with van der Waals surface area (Å²) in [7, 11) is 0. The number of hydroxylamine groups is 1. The summed E-state index contributed by atoms with van der Waals surface area (Å²) in [6.07, 6.45) is 0.796. The fraction of sp³-hybridized carbons (Fsp3) is 0.167. The molecule has 3 aromatic rings. The van der Waals surface area contributed by atoms with Crippen LogP contribution in [-0.4, -0.2) is 16.8 Å². The Labute approximate surface area is 137 Å². The first-order valence-corrected chi connectivity index (χ1v) is 7.59. The van der Waals surface area contributed by atoms with E-state index in [4.69, 9.17) is 9.25 Å². The van der Waals surface area contributed by atoms with Crippen LogP contribution in [0.15, 0.2) is 51.7 Å². The van der Waals surface area contributed by atoms with Crippen LogP contribution in [0.3, 0.4) is 0 Å². The average molecular weight is 327 g/mol. The minimum atomic E-state index is -0.508. The van der Waals surface area contributed by atoms with Gasteiger partial charge in [0.05, 0.1) is 0 Å². The summed E-state index contributed by atoms with van der Waals surface area (Å²) in [5, 5.41) is 20.0. The van der Waals surface area contributed by atoms with E-state index in [0.717, 1.165) is 12.0 Å². The first-order chi connectivity index (χ1) is 11.6. The molecule has 0 saturated carbocycles. The van der Waals surface area contributed by atoms with Crippen LogP contribution < -0.4 is 15.7 Å². The Hall–Kier alpha value is -2.99. The van der Waals surface area contributed by atoms with Gasteiger partial charge in [0.25, 0.3) is 0 Å². The van der Waals surface area contributed by atoms with Gasteiger partial charge >= 0.3 is 0 Å². The maximum absolute atomic E-state index is 12.5. The van der Waals surface area contributed by atoms with Crippen molar-refractivity contribution in [2.45, 2.75) is 13.3 Å². The topological polar surface area (TPSA) is 91.9 Å². The molecule has 24 heavy (non-hydrogen) atoms. The Morgan fingerprint density at radius 2 is 1.92 bits per heavy atom. The minimum Gasteiger partial charge on any atom is -0.504 e. The van der Waals surface area contributed by atoms with Crippen LogP contribution in [0.1, 0.15) is 13.3 Å². The molecule has 6 heteroatoms. The van der Waals surface area contributed by atoms with E-state index >= 15 is 0 Å². The van der Waals surface area contributed by atoms with E-state index in [-0.39, 0.29) is 22.1 Å². The fourth-order valence-electron chi connectivity index (χ4n) is 2.33. The van der Waals surface area contributed by atoms with Crippen LogP contribution >= 0.6 is 0 Å². The summed E-state index contributed by atoms with van der Waals surface area (Å²) in [5.41, 5.74) is 3.12. The smallest absolute Gasteiger partial charge is 0.207 e. The largest absolute Gasteiger partial charge is 0.504 e. The zero-order chi connectivity index (χ0) is 17.1. The number of fused-ring (bicyclic) bond motifs is 1. The van der Waals surface area contributed by atoms with Crippen molar-refractivity contribution < 1.29 is 19.5 Å². The molecule has 2 aromatic carbocycles. The number of nitrogens with one attached hydrogen (secondary N) is 1. The molecule has 3 N–H and O–H groups in total. The maximum Gasteiger partial charge on any atom is 0.207 e. The molecule has 0 unspecified atom stereocenters. The molecule has 6 nitrogen and oxygen atoms in total. The van der Waals surface area contributed by atoms with Crippen LogP contribution in [0, 0.1) is 0 Å². The monoisotopic (exact) mass is 327 g/mol. The second-order valence-electron chi connectivity index (χ2n) is 5.28. The predicted octanol–water partition coefficient (Wildman–Crippen LogP) is 3.16. The third-order valence-electron chi connectivity index (χ3n) is 3.51. The number of phenols is 2. The fourth-order valence-corrected chi connectivity index (χ4v) is 2.33. The third kappa shape index (κ3) is 2.91. The van der Waals surface area contributed by atoms with E-state index < -0.39 is 11.5 Å². The van der Waals surface area contributed by atoms with Gasteiger partial charge in [-0.3, -0.25) is 4.79 Å². The first kappa shape index (κ1) is 15.9. The van der Waals surface area contributed by atoms with E-state index in [1.54, 1.807) is 0 Å². The van der Waals surface area contributed by atoms with Crippen molar-refractivity contribution in [3.8, 4) is 28.6 Å².